The smallest absolute Gasteiger partial charge is 0.215 e. The second kappa shape index (κ2) is 6.81. The number of nitrogen functional groups attached to an aromatic ring is 1. The molecule has 0 aliphatic carbocycles. The summed E-state index contributed by atoms with van der Waals surface area (Å²) in [5.41, 5.74) is 9.33. The molecule has 7 heteroatoms. The minimum absolute atomic E-state index is 0.0203. The first kappa shape index (κ1) is 17.2. The lowest BCUT2D eigenvalue weighted by molar-refractivity contribution is 0.415. The Morgan fingerprint density at radius 1 is 1.15 bits per heavy atom. The zero-order valence-corrected chi connectivity index (χ0v) is 15.0. The fourth-order valence-electron chi connectivity index (χ4n) is 2.84. The number of pyridine rings is 1. The molecule has 0 saturated heterocycles. The van der Waals surface area contributed by atoms with Crippen molar-refractivity contribution in [2.45, 2.75) is 0 Å². The van der Waals surface area contributed by atoms with Crippen LogP contribution in [0.5, 0.6) is 5.75 Å². The van der Waals surface area contributed by atoms with E-state index < -0.39 is 5.82 Å². The summed E-state index contributed by atoms with van der Waals surface area (Å²) in [6.45, 7) is 0. The number of aromatic nitrogens is 1. The minimum Gasteiger partial charge on any atom is -0.497 e. The molecular weight excluding hydrogens is 369 g/mol. The average Bonchev–Trinajstić information content (AvgIpc) is 3.00. The molecule has 0 spiro atoms. The van der Waals surface area contributed by atoms with Crippen LogP contribution in [0.1, 0.15) is 0 Å². The highest BCUT2D eigenvalue weighted by molar-refractivity contribution is 6.31. The van der Waals surface area contributed by atoms with Crippen molar-refractivity contribution in [1.29, 1.82) is 0 Å². The van der Waals surface area contributed by atoms with Crippen LogP contribution in [0.3, 0.4) is 0 Å². The number of rotatable bonds is 4. The molecule has 2 heterocycles. The molecule has 0 atom stereocenters. The van der Waals surface area contributed by atoms with Crippen molar-refractivity contribution >= 4 is 39.8 Å². The molecular formula is C20H15ClFN3O2. The average molecular weight is 384 g/mol. The van der Waals surface area contributed by atoms with Gasteiger partial charge in [-0.1, -0.05) is 11.6 Å². The maximum Gasteiger partial charge on any atom is 0.215 e. The third kappa shape index (κ3) is 3.15. The summed E-state index contributed by atoms with van der Waals surface area (Å²) in [6, 6.07) is 13.6. The lowest BCUT2D eigenvalue weighted by Gasteiger charge is -2.07. The van der Waals surface area contributed by atoms with Gasteiger partial charge in [0.1, 0.15) is 22.9 Å². The van der Waals surface area contributed by atoms with E-state index >= 15 is 0 Å². The number of methoxy groups -OCH3 is 1. The molecule has 0 fully saturated rings. The van der Waals surface area contributed by atoms with Gasteiger partial charge in [-0.05, 0) is 48.5 Å². The number of nitrogens with one attached hydrogen (secondary N) is 1. The zero-order valence-electron chi connectivity index (χ0n) is 14.3. The van der Waals surface area contributed by atoms with E-state index in [0.717, 1.165) is 16.7 Å². The van der Waals surface area contributed by atoms with E-state index in [1.54, 1.807) is 25.4 Å². The number of hydrogen-bond donors (Lipinski definition) is 2. The summed E-state index contributed by atoms with van der Waals surface area (Å²) < 4.78 is 24.4. The molecule has 136 valence electrons. The van der Waals surface area contributed by atoms with Crippen LogP contribution in [0, 0.1) is 5.82 Å². The van der Waals surface area contributed by atoms with Gasteiger partial charge in [-0.2, -0.15) is 0 Å². The topological polar surface area (TPSA) is 73.3 Å². The predicted molar refractivity (Wildman–Crippen MR) is 105 cm³/mol. The lowest BCUT2D eigenvalue weighted by atomic mass is 10.1. The number of hydrogen-bond acceptors (Lipinski definition) is 5. The number of furan rings is 1. The maximum absolute atomic E-state index is 13.4. The van der Waals surface area contributed by atoms with Crippen molar-refractivity contribution in [2.75, 3.05) is 18.2 Å². The van der Waals surface area contributed by atoms with Crippen LogP contribution in [-0.2, 0) is 0 Å². The van der Waals surface area contributed by atoms with Crippen molar-refractivity contribution in [1.82, 2.24) is 4.98 Å². The summed E-state index contributed by atoms with van der Waals surface area (Å²) >= 11 is 5.85. The Hall–Kier alpha value is -3.25. The van der Waals surface area contributed by atoms with Crippen molar-refractivity contribution in [3.63, 3.8) is 0 Å². The molecule has 0 bridgehead atoms. The first-order valence-electron chi connectivity index (χ1n) is 8.10. The van der Waals surface area contributed by atoms with Crippen LogP contribution in [0.4, 0.5) is 21.6 Å². The Balaban J connectivity index is 1.79. The zero-order chi connectivity index (χ0) is 19.0. The first-order valence-corrected chi connectivity index (χ1v) is 8.48. The number of benzene rings is 2. The highest BCUT2D eigenvalue weighted by Crippen LogP contribution is 2.39. The van der Waals surface area contributed by atoms with Gasteiger partial charge in [-0.3, -0.25) is 4.98 Å². The number of nitrogens with two attached hydrogens (primary N) is 1. The second-order valence-corrected chi connectivity index (χ2v) is 6.27. The van der Waals surface area contributed by atoms with Gasteiger partial charge < -0.3 is 20.2 Å². The van der Waals surface area contributed by atoms with Crippen molar-refractivity contribution in [2.24, 2.45) is 0 Å². The third-order valence-corrected chi connectivity index (χ3v) is 4.47. The molecule has 0 saturated carbocycles. The molecule has 2 aromatic heterocycles. The SMILES string of the molecule is COc1ccc(-c2nccc3c(Nc4ccc(F)c(Cl)c4)c(N)oc23)cc1. The minimum atomic E-state index is -0.488. The van der Waals surface area contributed by atoms with Gasteiger partial charge in [0, 0.05) is 17.4 Å². The quantitative estimate of drug-likeness (QED) is 0.478. The third-order valence-electron chi connectivity index (χ3n) is 4.18. The molecule has 2 aromatic carbocycles. The number of anilines is 3. The van der Waals surface area contributed by atoms with Crippen LogP contribution in [0.2, 0.25) is 5.02 Å². The van der Waals surface area contributed by atoms with Crippen molar-refractivity contribution < 1.29 is 13.5 Å². The number of ether oxygens (including phenoxy) is 1. The van der Waals surface area contributed by atoms with E-state index in [0.29, 0.717) is 22.7 Å². The number of nitrogens with zero attached hydrogens (tertiary/aromatic N) is 1. The highest BCUT2D eigenvalue weighted by Gasteiger charge is 2.17. The monoisotopic (exact) mass is 383 g/mol. The highest BCUT2D eigenvalue weighted by atomic mass is 35.5. The standard InChI is InChI=1S/C20H15ClFN3O2/c1-26-13-5-2-11(3-6-13)17-19-14(8-9-24-17)18(20(23)27-19)25-12-4-7-16(22)15(21)10-12/h2-10,25H,23H2,1H3. The van der Waals surface area contributed by atoms with E-state index in [-0.39, 0.29) is 10.9 Å². The number of halogens is 2. The van der Waals surface area contributed by atoms with Crippen molar-refractivity contribution in [3.05, 3.63) is 65.6 Å². The Labute approximate surface area is 159 Å². The Morgan fingerprint density at radius 3 is 2.63 bits per heavy atom. The van der Waals surface area contributed by atoms with Crippen LogP contribution >= 0.6 is 11.6 Å². The first-order chi connectivity index (χ1) is 13.1. The van der Waals surface area contributed by atoms with Gasteiger partial charge in [0.15, 0.2) is 5.58 Å². The van der Waals surface area contributed by atoms with Gasteiger partial charge in [0.25, 0.3) is 0 Å². The maximum atomic E-state index is 13.4. The fourth-order valence-corrected chi connectivity index (χ4v) is 3.02. The summed E-state index contributed by atoms with van der Waals surface area (Å²) in [5, 5.41) is 3.92. The normalized spacial score (nSPS) is 10.9. The fraction of sp³-hybridized carbons (Fsp3) is 0.0500. The largest absolute Gasteiger partial charge is 0.497 e. The predicted octanol–water partition coefficient (Wildman–Crippen LogP) is 5.62. The van der Waals surface area contributed by atoms with E-state index in [2.05, 4.69) is 10.3 Å². The molecule has 5 nitrogen and oxygen atoms in total. The van der Waals surface area contributed by atoms with Gasteiger partial charge in [0.2, 0.25) is 5.88 Å². The summed E-state index contributed by atoms with van der Waals surface area (Å²) in [5.74, 6) is 0.465. The molecule has 0 radical (unpaired) electrons. The molecule has 0 amide bonds. The van der Waals surface area contributed by atoms with Gasteiger partial charge in [-0.25, -0.2) is 4.39 Å². The molecule has 4 aromatic rings. The van der Waals surface area contributed by atoms with E-state index in [1.165, 1.54) is 12.1 Å². The van der Waals surface area contributed by atoms with E-state index in [9.17, 15) is 4.39 Å². The van der Waals surface area contributed by atoms with E-state index in [1.807, 2.05) is 24.3 Å². The van der Waals surface area contributed by atoms with Crippen molar-refractivity contribution in [3.8, 4) is 17.0 Å². The summed E-state index contributed by atoms with van der Waals surface area (Å²) in [4.78, 5) is 4.43. The van der Waals surface area contributed by atoms with Gasteiger partial charge in [0.05, 0.1) is 17.5 Å². The van der Waals surface area contributed by atoms with Crippen LogP contribution in [0.25, 0.3) is 22.2 Å². The molecule has 4 rings (SSSR count). The molecule has 0 aliphatic heterocycles. The van der Waals surface area contributed by atoms with E-state index in [4.69, 9.17) is 26.5 Å². The summed E-state index contributed by atoms with van der Waals surface area (Å²) in [6.07, 6.45) is 1.68. The lowest BCUT2D eigenvalue weighted by Crippen LogP contribution is -1.94. The van der Waals surface area contributed by atoms with Crippen LogP contribution in [0.15, 0.2) is 59.1 Å². The molecule has 0 unspecified atom stereocenters. The molecule has 27 heavy (non-hydrogen) atoms. The molecule has 3 N–H and O–H groups in total. The molecule has 0 aliphatic rings. The van der Waals surface area contributed by atoms with Crippen LogP contribution < -0.4 is 15.8 Å². The Morgan fingerprint density at radius 2 is 1.93 bits per heavy atom. The van der Waals surface area contributed by atoms with Crippen LogP contribution in [-0.4, -0.2) is 12.1 Å². The number of fused-ring (bicyclic) bond motifs is 1. The van der Waals surface area contributed by atoms with Gasteiger partial charge in [-0.15, -0.1) is 0 Å². The Bertz CT molecular complexity index is 1130. The second-order valence-electron chi connectivity index (χ2n) is 5.86. The summed E-state index contributed by atoms with van der Waals surface area (Å²) in [7, 11) is 1.61. The Kier molecular flexibility index (Phi) is 4.33. The van der Waals surface area contributed by atoms with Gasteiger partial charge >= 0.3 is 0 Å².